The molecule has 1 aliphatic rings. The Morgan fingerprint density at radius 2 is 2.29 bits per heavy atom. The first-order valence-electron chi connectivity index (χ1n) is 5.45. The van der Waals surface area contributed by atoms with Crippen LogP contribution in [-0.2, 0) is 17.6 Å². The predicted octanol–water partition coefficient (Wildman–Crippen LogP) is 2.76. The molecule has 92 valence electrons. The van der Waals surface area contributed by atoms with Crippen molar-refractivity contribution in [2.24, 2.45) is 0 Å². The molecule has 1 aromatic rings. The zero-order valence-corrected chi connectivity index (χ0v) is 11.0. The average molecular weight is 301 g/mol. The summed E-state index contributed by atoms with van der Waals surface area (Å²) in [5.74, 6) is 0.622. The number of halogens is 1. The van der Waals surface area contributed by atoms with Gasteiger partial charge in [0.2, 0.25) is 6.79 Å². The van der Waals surface area contributed by atoms with Gasteiger partial charge in [-0.1, -0.05) is 6.92 Å². The molecular weight excluding hydrogens is 288 g/mol. The van der Waals surface area contributed by atoms with Gasteiger partial charge in [-0.2, -0.15) is 0 Å². The van der Waals surface area contributed by atoms with Crippen LogP contribution >= 0.6 is 15.9 Å². The molecule has 2 rings (SSSR count). The lowest BCUT2D eigenvalue weighted by atomic mass is 10.00. The van der Waals surface area contributed by atoms with E-state index in [9.17, 15) is 4.79 Å². The van der Waals surface area contributed by atoms with Gasteiger partial charge in [-0.15, -0.1) is 0 Å². The summed E-state index contributed by atoms with van der Waals surface area (Å²) in [4.78, 5) is 10.6. The van der Waals surface area contributed by atoms with Crippen molar-refractivity contribution in [3.05, 3.63) is 21.7 Å². The van der Waals surface area contributed by atoms with Crippen LogP contribution < -0.4 is 9.47 Å². The van der Waals surface area contributed by atoms with Gasteiger partial charge in [-0.05, 0) is 46.0 Å². The van der Waals surface area contributed by atoms with Crippen LogP contribution in [0.5, 0.6) is 11.5 Å². The predicted molar refractivity (Wildman–Crippen MR) is 65.6 cm³/mol. The highest BCUT2D eigenvalue weighted by Crippen LogP contribution is 2.43. The summed E-state index contributed by atoms with van der Waals surface area (Å²) in [6, 6.07) is 1.88. The van der Waals surface area contributed by atoms with Gasteiger partial charge in [-0.3, -0.25) is 4.79 Å². The fourth-order valence-corrected chi connectivity index (χ4v) is 2.78. The highest BCUT2D eigenvalue weighted by Gasteiger charge is 2.22. The molecule has 1 aliphatic heterocycles. The molecule has 0 saturated carbocycles. The Hall–Kier alpha value is -1.23. The number of aliphatic carboxylic acids is 1. The van der Waals surface area contributed by atoms with Crippen molar-refractivity contribution in [3.8, 4) is 11.5 Å². The van der Waals surface area contributed by atoms with E-state index in [4.69, 9.17) is 14.6 Å². The molecular formula is C12H13BrO4. The van der Waals surface area contributed by atoms with E-state index >= 15 is 0 Å². The van der Waals surface area contributed by atoms with Crippen LogP contribution in [0, 0.1) is 0 Å². The Labute approximate surface area is 108 Å². The Balaban J connectivity index is 2.37. The summed E-state index contributed by atoms with van der Waals surface area (Å²) in [5, 5.41) is 8.73. The molecule has 1 N–H and O–H groups in total. The van der Waals surface area contributed by atoms with Crippen molar-refractivity contribution >= 4 is 21.9 Å². The summed E-state index contributed by atoms with van der Waals surface area (Å²) < 4.78 is 11.6. The zero-order chi connectivity index (χ0) is 12.4. The highest BCUT2D eigenvalue weighted by molar-refractivity contribution is 9.10. The van der Waals surface area contributed by atoms with Crippen molar-refractivity contribution in [1.29, 1.82) is 0 Å². The van der Waals surface area contributed by atoms with Crippen molar-refractivity contribution < 1.29 is 19.4 Å². The van der Waals surface area contributed by atoms with Gasteiger partial charge in [0, 0.05) is 6.42 Å². The number of ether oxygens (including phenoxy) is 2. The number of carboxylic acids is 1. The first kappa shape index (κ1) is 12.2. The van der Waals surface area contributed by atoms with Crippen LogP contribution in [-0.4, -0.2) is 17.9 Å². The molecule has 1 aromatic carbocycles. The van der Waals surface area contributed by atoms with Crippen molar-refractivity contribution in [1.82, 2.24) is 0 Å². The topological polar surface area (TPSA) is 55.8 Å². The quantitative estimate of drug-likeness (QED) is 0.929. The molecule has 0 unspecified atom stereocenters. The van der Waals surface area contributed by atoms with Gasteiger partial charge >= 0.3 is 5.97 Å². The Bertz CT molecular complexity index is 456. The van der Waals surface area contributed by atoms with Gasteiger partial charge < -0.3 is 14.6 Å². The van der Waals surface area contributed by atoms with Gasteiger partial charge in [0.1, 0.15) is 0 Å². The number of fused-ring (bicyclic) bond motifs is 1. The number of aryl methyl sites for hydroxylation is 1. The summed E-state index contributed by atoms with van der Waals surface area (Å²) in [7, 11) is 0. The van der Waals surface area contributed by atoms with E-state index in [1.807, 2.05) is 13.0 Å². The molecule has 0 saturated heterocycles. The minimum absolute atomic E-state index is 0.124. The lowest BCUT2D eigenvalue weighted by Crippen LogP contribution is -2.01. The third kappa shape index (κ3) is 2.39. The van der Waals surface area contributed by atoms with Crippen LogP contribution in [0.3, 0.4) is 0 Å². The number of carboxylic acid groups (broad SMARTS) is 1. The molecule has 0 radical (unpaired) electrons. The van der Waals surface area contributed by atoms with Crippen molar-refractivity contribution in [2.45, 2.75) is 26.2 Å². The average Bonchev–Trinajstić information content (AvgIpc) is 2.74. The SMILES string of the molecule is CCc1c(CCC(=O)O)cc2c(c1Br)OCO2. The van der Waals surface area contributed by atoms with Gasteiger partial charge in [-0.25, -0.2) is 0 Å². The third-order valence-corrected chi connectivity index (χ3v) is 3.60. The molecule has 0 spiro atoms. The molecule has 0 aliphatic carbocycles. The van der Waals surface area contributed by atoms with Crippen LogP contribution in [0.2, 0.25) is 0 Å². The van der Waals surface area contributed by atoms with Gasteiger partial charge in [0.05, 0.1) is 4.47 Å². The number of hydrogen-bond acceptors (Lipinski definition) is 3. The summed E-state index contributed by atoms with van der Waals surface area (Å²) in [6.45, 7) is 2.26. The minimum Gasteiger partial charge on any atom is -0.481 e. The summed E-state index contributed by atoms with van der Waals surface area (Å²) in [6.07, 6.45) is 1.46. The van der Waals surface area contributed by atoms with Crippen LogP contribution in [0.15, 0.2) is 10.5 Å². The lowest BCUT2D eigenvalue weighted by molar-refractivity contribution is -0.136. The number of rotatable bonds is 4. The first-order valence-corrected chi connectivity index (χ1v) is 6.24. The molecule has 0 amide bonds. The fourth-order valence-electron chi connectivity index (χ4n) is 1.94. The standard InChI is InChI=1S/C12H13BrO4/c1-2-8-7(3-4-10(14)15)5-9-12(11(8)13)17-6-16-9/h5H,2-4,6H2,1H3,(H,14,15). The monoisotopic (exact) mass is 300 g/mol. The largest absolute Gasteiger partial charge is 0.481 e. The van der Waals surface area contributed by atoms with Crippen molar-refractivity contribution in [3.63, 3.8) is 0 Å². The molecule has 4 nitrogen and oxygen atoms in total. The van der Waals surface area contributed by atoms with E-state index < -0.39 is 5.97 Å². The second-order valence-corrected chi connectivity index (χ2v) is 4.60. The fraction of sp³-hybridized carbons (Fsp3) is 0.417. The number of carbonyl (C=O) groups is 1. The maximum absolute atomic E-state index is 10.6. The molecule has 0 bridgehead atoms. The zero-order valence-electron chi connectivity index (χ0n) is 9.46. The molecule has 17 heavy (non-hydrogen) atoms. The third-order valence-electron chi connectivity index (χ3n) is 2.76. The molecule has 5 heteroatoms. The normalized spacial score (nSPS) is 12.8. The van der Waals surface area contributed by atoms with E-state index in [0.717, 1.165) is 27.8 Å². The van der Waals surface area contributed by atoms with E-state index in [1.165, 1.54) is 0 Å². The number of hydrogen-bond donors (Lipinski definition) is 1. The Morgan fingerprint density at radius 3 is 2.94 bits per heavy atom. The lowest BCUT2D eigenvalue weighted by Gasteiger charge is -2.11. The van der Waals surface area contributed by atoms with Crippen LogP contribution in [0.4, 0.5) is 0 Å². The van der Waals surface area contributed by atoms with E-state index in [0.29, 0.717) is 12.2 Å². The van der Waals surface area contributed by atoms with E-state index in [2.05, 4.69) is 15.9 Å². The minimum atomic E-state index is -0.791. The summed E-state index contributed by atoms with van der Waals surface area (Å²) in [5.41, 5.74) is 2.10. The maximum atomic E-state index is 10.6. The smallest absolute Gasteiger partial charge is 0.303 e. The highest BCUT2D eigenvalue weighted by atomic mass is 79.9. The van der Waals surface area contributed by atoms with Crippen LogP contribution in [0.1, 0.15) is 24.5 Å². The van der Waals surface area contributed by atoms with E-state index in [-0.39, 0.29) is 13.2 Å². The first-order chi connectivity index (χ1) is 8.13. The maximum Gasteiger partial charge on any atom is 0.303 e. The number of benzene rings is 1. The van der Waals surface area contributed by atoms with Gasteiger partial charge in [0.15, 0.2) is 11.5 Å². The Kier molecular flexibility index (Phi) is 3.57. The van der Waals surface area contributed by atoms with Crippen LogP contribution in [0.25, 0.3) is 0 Å². The molecule has 1 heterocycles. The molecule has 0 aromatic heterocycles. The second kappa shape index (κ2) is 4.96. The van der Waals surface area contributed by atoms with E-state index in [1.54, 1.807) is 0 Å². The van der Waals surface area contributed by atoms with Gasteiger partial charge in [0.25, 0.3) is 0 Å². The summed E-state index contributed by atoms with van der Waals surface area (Å²) >= 11 is 3.50. The Morgan fingerprint density at radius 1 is 1.53 bits per heavy atom. The second-order valence-electron chi connectivity index (χ2n) is 3.81. The molecule has 0 fully saturated rings. The van der Waals surface area contributed by atoms with Crippen molar-refractivity contribution in [2.75, 3.05) is 6.79 Å². The molecule has 0 atom stereocenters.